The number of carbonyl (C=O) groups excluding carboxylic acids is 1. The molecule has 5 rings (SSSR count). The van der Waals surface area contributed by atoms with Crippen LogP contribution in [-0.2, 0) is 4.79 Å². The zero-order valence-electron chi connectivity index (χ0n) is 17.2. The highest BCUT2D eigenvalue weighted by Crippen LogP contribution is 2.45. The molecule has 3 aromatic carbocycles. The number of Topliss-reactive ketones (excluding diaryl/α,β-unsaturated/α-hetero) is 1. The average Bonchev–Trinajstić information content (AvgIpc) is 2.96. The predicted octanol–water partition coefficient (Wildman–Crippen LogP) is 6.33. The number of hydrogen-bond acceptors (Lipinski definition) is 4. The molecule has 2 N–H and O–H groups in total. The Labute approximate surface area is 186 Å². The first-order chi connectivity index (χ1) is 15.1. The van der Waals surface area contributed by atoms with Gasteiger partial charge in [0.2, 0.25) is 0 Å². The normalized spacial score (nSPS) is 20.1. The number of fused-ring (bicyclic) bond motifs is 1. The standard InChI is InChI=1S/C26H23ClN2O2/c1-31-18-8-6-7-16(13-18)26-25-23(28-21-11-4-5-12-22(21)29-26)14-17(15-24(25)30)19-9-2-3-10-20(19)27/h2-13,17,26,28-29H,14-15H2,1H3/t17-,26+/m1/s1. The Morgan fingerprint density at radius 2 is 1.71 bits per heavy atom. The third-order valence-corrected chi connectivity index (χ3v) is 6.43. The molecule has 1 aliphatic carbocycles. The van der Waals surface area contributed by atoms with E-state index in [2.05, 4.69) is 10.6 Å². The van der Waals surface area contributed by atoms with Crippen molar-refractivity contribution in [2.75, 3.05) is 17.7 Å². The van der Waals surface area contributed by atoms with Crippen LogP contribution in [-0.4, -0.2) is 12.9 Å². The number of para-hydroxylation sites is 2. The van der Waals surface area contributed by atoms with Crippen molar-refractivity contribution >= 4 is 28.8 Å². The molecule has 0 fully saturated rings. The molecule has 0 amide bonds. The van der Waals surface area contributed by atoms with Crippen molar-refractivity contribution in [2.45, 2.75) is 24.8 Å². The Kier molecular flexibility index (Phi) is 5.16. The number of ether oxygens (including phenoxy) is 1. The molecule has 5 heteroatoms. The van der Waals surface area contributed by atoms with Gasteiger partial charge in [-0.3, -0.25) is 4.79 Å². The Balaban J connectivity index is 1.62. The number of hydrogen-bond donors (Lipinski definition) is 2. The van der Waals surface area contributed by atoms with Gasteiger partial charge in [0.15, 0.2) is 5.78 Å². The summed E-state index contributed by atoms with van der Waals surface area (Å²) in [5.74, 6) is 0.944. The van der Waals surface area contributed by atoms with Gasteiger partial charge in [0.1, 0.15) is 5.75 Å². The Morgan fingerprint density at radius 3 is 2.52 bits per heavy atom. The quantitative estimate of drug-likeness (QED) is 0.509. The van der Waals surface area contributed by atoms with Crippen LogP contribution in [0.15, 0.2) is 84.1 Å². The molecule has 0 unspecified atom stereocenters. The number of allylic oxidation sites excluding steroid dienone is 1. The summed E-state index contributed by atoms with van der Waals surface area (Å²) in [6.45, 7) is 0. The first-order valence-electron chi connectivity index (χ1n) is 10.4. The molecule has 4 nitrogen and oxygen atoms in total. The number of methoxy groups -OCH3 is 1. The van der Waals surface area contributed by atoms with Crippen LogP contribution >= 0.6 is 11.6 Å². The molecule has 1 heterocycles. The van der Waals surface area contributed by atoms with E-state index in [0.717, 1.165) is 45.9 Å². The summed E-state index contributed by atoms with van der Waals surface area (Å²) in [5.41, 5.74) is 5.68. The summed E-state index contributed by atoms with van der Waals surface area (Å²) in [4.78, 5) is 13.6. The van der Waals surface area contributed by atoms with Crippen molar-refractivity contribution in [3.8, 4) is 5.75 Å². The molecule has 2 atom stereocenters. The lowest BCUT2D eigenvalue weighted by Crippen LogP contribution is -2.27. The minimum atomic E-state index is -0.263. The van der Waals surface area contributed by atoms with E-state index in [1.165, 1.54) is 0 Å². The summed E-state index contributed by atoms with van der Waals surface area (Å²) in [6.07, 6.45) is 1.16. The lowest BCUT2D eigenvalue weighted by Gasteiger charge is -2.30. The minimum absolute atomic E-state index is 0.0451. The number of carbonyl (C=O) groups is 1. The second-order valence-electron chi connectivity index (χ2n) is 7.97. The van der Waals surface area contributed by atoms with Crippen molar-refractivity contribution in [1.29, 1.82) is 0 Å². The monoisotopic (exact) mass is 430 g/mol. The van der Waals surface area contributed by atoms with Gasteiger partial charge in [-0.1, -0.05) is 54.1 Å². The molecular weight excluding hydrogens is 408 g/mol. The molecule has 0 spiro atoms. The smallest absolute Gasteiger partial charge is 0.163 e. The number of ketones is 1. The first-order valence-corrected chi connectivity index (χ1v) is 10.8. The number of anilines is 2. The van der Waals surface area contributed by atoms with Gasteiger partial charge >= 0.3 is 0 Å². The maximum Gasteiger partial charge on any atom is 0.163 e. The van der Waals surface area contributed by atoms with Crippen LogP contribution in [0.3, 0.4) is 0 Å². The molecule has 0 saturated heterocycles. The fourth-order valence-electron chi connectivity index (χ4n) is 4.59. The predicted molar refractivity (Wildman–Crippen MR) is 125 cm³/mol. The van der Waals surface area contributed by atoms with Crippen molar-refractivity contribution < 1.29 is 9.53 Å². The van der Waals surface area contributed by atoms with Gasteiger partial charge in [-0.25, -0.2) is 0 Å². The number of halogens is 1. The van der Waals surface area contributed by atoms with Crippen LogP contribution in [0.2, 0.25) is 5.02 Å². The molecular formula is C26H23ClN2O2. The van der Waals surface area contributed by atoms with E-state index in [-0.39, 0.29) is 17.7 Å². The van der Waals surface area contributed by atoms with Gasteiger partial charge in [0, 0.05) is 22.7 Å². The van der Waals surface area contributed by atoms with Crippen molar-refractivity contribution in [3.05, 3.63) is 100 Å². The lowest BCUT2D eigenvalue weighted by atomic mass is 9.78. The molecule has 156 valence electrons. The van der Waals surface area contributed by atoms with E-state index in [0.29, 0.717) is 11.4 Å². The first kappa shape index (κ1) is 19.7. The number of rotatable bonds is 3. The fourth-order valence-corrected chi connectivity index (χ4v) is 4.88. The molecule has 31 heavy (non-hydrogen) atoms. The van der Waals surface area contributed by atoms with Crippen LogP contribution in [0.4, 0.5) is 11.4 Å². The molecule has 1 aliphatic heterocycles. The van der Waals surface area contributed by atoms with Gasteiger partial charge in [-0.2, -0.15) is 0 Å². The highest BCUT2D eigenvalue weighted by Gasteiger charge is 2.36. The van der Waals surface area contributed by atoms with Crippen LogP contribution in [0, 0.1) is 0 Å². The third-order valence-electron chi connectivity index (χ3n) is 6.08. The summed E-state index contributed by atoms with van der Waals surface area (Å²) in [5, 5.41) is 7.87. The maximum absolute atomic E-state index is 13.6. The van der Waals surface area contributed by atoms with Crippen molar-refractivity contribution in [1.82, 2.24) is 0 Å². The zero-order valence-corrected chi connectivity index (χ0v) is 17.9. The van der Waals surface area contributed by atoms with E-state index >= 15 is 0 Å². The summed E-state index contributed by atoms with van der Waals surface area (Å²) >= 11 is 6.48. The topological polar surface area (TPSA) is 50.4 Å². The molecule has 0 saturated carbocycles. The van der Waals surface area contributed by atoms with Crippen molar-refractivity contribution in [3.63, 3.8) is 0 Å². The van der Waals surface area contributed by atoms with Crippen LogP contribution in [0.5, 0.6) is 5.75 Å². The van der Waals surface area contributed by atoms with E-state index < -0.39 is 0 Å². The SMILES string of the molecule is COc1cccc([C@@H]2Nc3ccccc3NC3=C2C(=O)C[C@H](c2ccccc2Cl)C3)c1. The van der Waals surface area contributed by atoms with Gasteiger partial charge < -0.3 is 15.4 Å². The summed E-state index contributed by atoms with van der Waals surface area (Å²) in [7, 11) is 1.65. The highest BCUT2D eigenvalue weighted by atomic mass is 35.5. The van der Waals surface area contributed by atoms with E-state index in [1.807, 2.05) is 72.8 Å². The van der Waals surface area contributed by atoms with Crippen LogP contribution in [0.1, 0.15) is 35.9 Å². The van der Waals surface area contributed by atoms with E-state index in [1.54, 1.807) is 7.11 Å². The van der Waals surface area contributed by atoms with Gasteiger partial charge in [-0.05, 0) is 53.8 Å². The molecule has 0 bridgehead atoms. The second kappa shape index (κ2) is 8.12. The van der Waals surface area contributed by atoms with Gasteiger partial charge in [0.05, 0.1) is 24.5 Å². The zero-order chi connectivity index (χ0) is 21.4. The molecule has 0 aromatic heterocycles. The third kappa shape index (κ3) is 3.68. The van der Waals surface area contributed by atoms with Crippen LogP contribution in [0.25, 0.3) is 0 Å². The Hall–Kier alpha value is -3.24. The molecule has 2 aliphatic rings. The lowest BCUT2D eigenvalue weighted by molar-refractivity contribution is -0.116. The van der Waals surface area contributed by atoms with Gasteiger partial charge in [0.25, 0.3) is 0 Å². The van der Waals surface area contributed by atoms with E-state index in [9.17, 15) is 4.79 Å². The average molecular weight is 431 g/mol. The number of nitrogens with one attached hydrogen (secondary N) is 2. The second-order valence-corrected chi connectivity index (χ2v) is 8.37. The Morgan fingerprint density at radius 1 is 0.935 bits per heavy atom. The number of benzene rings is 3. The fraction of sp³-hybridized carbons (Fsp3) is 0.192. The van der Waals surface area contributed by atoms with Gasteiger partial charge in [-0.15, -0.1) is 0 Å². The summed E-state index contributed by atoms with van der Waals surface area (Å²) in [6, 6.07) is 23.5. The maximum atomic E-state index is 13.6. The molecule has 3 aromatic rings. The van der Waals surface area contributed by atoms with Crippen LogP contribution < -0.4 is 15.4 Å². The minimum Gasteiger partial charge on any atom is -0.497 e. The Bertz CT molecular complexity index is 1190. The van der Waals surface area contributed by atoms with Crippen molar-refractivity contribution in [2.24, 2.45) is 0 Å². The summed E-state index contributed by atoms with van der Waals surface area (Å²) < 4.78 is 5.44. The highest BCUT2D eigenvalue weighted by molar-refractivity contribution is 6.31. The largest absolute Gasteiger partial charge is 0.497 e. The van der Waals surface area contributed by atoms with E-state index in [4.69, 9.17) is 16.3 Å². The molecule has 0 radical (unpaired) electrons.